The molecule has 0 amide bonds. The summed E-state index contributed by atoms with van der Waals surface area (Å²) < 4.78 is 10.6. The lowest BCUT2D eigenvalue weighted by atomic mass is 10.1. The van der Waals surface area contributed by atoms with Crippen molar-refractivity contribution in [3.63, 3.8) is 0 Å². The van der Waals surface area contributed by atoms with Crippen LogP contribution in [0.3, 0.4) is 0 Å². The van der Waals surface area contributed by atoms with Crippen LogP contribution in [-0.4, -0.2) is 26.0 Å². The highest BCUT2D eigenvalue weighted by Crippen LogP contribution is 2.43. The van der Waals surface area contributed by atoms with E-state index in [0.29, 0.717) is 11.2 Å². The number of hydrogen-bond acceptors (Lipinski definition) is 4. The molecule has 94 valence electrons. The van der Waals surface area contributed by atoms with Crippen LogP contribution >= 0.6 is 11.8 Å². The second kappa shape index (κ2) is 5.08. The first kappa shape index (κ1) is 12.4. The van der Waals surface area contributed by atoms with Crippen molar-refractivity contribution in [1.82, 2.24) is 0 Å². The van der Waals surface area contributed by atoms with Gasteiger partial charge in [-0.1, -0.05) is 13.8 Å². The van der Waals surface area contributed by atoms with Gasteiger partial charge in [0, 0.05) is 22.8 Å². The molecule has 1 atom stereocenters. The molecule has 0 radical (unpaired) electrons. The predicted molar refractivity (Wildman–Crippen MR) is 72.5 cm³/mol. The number of hydrogen-bond donors (Lipinski definition) is 1. The van der Waals surface area contributed by atoms with Gasteiger partial charge < -0.3 is 14.8 Å². The standard InChI is InChI=1S/C13H19NO2S/c1-8(2)13-7-14-9-5-10(15-3)11(16-4)6-12(9)17-13/h5-6,8,13-14H,7H2,1-4H3. The summed E-state index contributed by atoms with van der Waals surface area (Å²) in [6.45, 7) is 5.51. The SMILES string of the molecule is COc1cc2c(cc1OC)SC(C(C)C)CN2. The number of ether oxygens (including phenoxy) is 2. The lowest BCUT2D eigenvalue weighted by Crippen LogP contribution is -2.25. The first-order valence-corrected chi connectivity index (χ1v) is 6.70. The van der Waals surface area contributed by atoms with E-state index in [1.165, 1.54) is 4.90 Å². The smallest absolute Gasteiger partial charge is 0.162 e. The molecule has 17 heavy (non-hydrogen) atoms. The maximum atomic E-state index is 5.33. The van der Waals surface area contributed by atoms with Crippen molar-refractivity contribution in [1.29, 1.82) is 0 Å². The minimum Gasteiger partial charge on any atom is -0.493 e. The van der Waals surface area contributed by atoms with Gasteiger partial charge in [-0.25, -0.2) is 0 Å². The second-order valence-corrected chi connectivity index (χ2v) is 5.77. The predicted octanol–water partition coefficient (Wildman–Crippen LogP) is 3.25. The van der Waals surface area contributed by atoms with Crippen molar-refractivity contribution in [3.05, 3.63) is 12.1 Å². The van der Waals surface area contributed by atoms with Crippen molar-refractivity contribution in [3.8, 4) is 11.5 Å². The molecule has 1 aliphatic heterocycles. The lowest BCUT2D eigenvalue weighted by Gasteiger charge is -2.28. The Morgan fingerprint density at radius 2 is 1.88 bits per heavy atom. The number of methoxy groups -OCH3 is 2. The van der Waals surface area contributed by atoms with Gasteiger partial charge in [0.15, 0.2) is 11.5 Å². The molecule has 3 nitrogen and oxygen atoms in total. The molecule has 2 rings (SSSR count). The second-order valence-electron chi connectivity index (χ2n) is 4.48. The highest BCUT2D eigenvalue weighted by atomic mass is 32.2. The van der Waals surface area contributed by atoms with Crippen molar-refractivity contribution < 1.29 is 9.47 Å². The molecule has 0 aliphatic carbocycles. The van der Waals surface area contributed by atoms with E-state index in [1.54, 1.807) is 14.2 Å². The summed E-state index contributed by atoms with van der Waals surface area (Å²) in [5.41, 5.74) is 1.14. The Hall–Kier alpha value is -1.03. The molecule has 1 aromatic carbocycles. The van der Waals surface area contributed by atoms with E-state index in [-0.39, 0.29) is 0 Å². The molecule has 0 spiro atoms. The van der Waals surface area contributed by atoms with Gasteiger partial charge in [-0.3, -0.25) is 0 Å². The molecule has 0 fully saturated rings. The summed E-state index contributed by atoms with van der Waals surface area (Å²) in [5, 5.41) is 4.08. The fraction of sp³-hybridized carbons (Fsp3) is 0.538. The Kier molecular flexibility index (Phi) is 3.72. The average molecular weight is 253 g/mol. The van der Waals surface area contributed by atoms with Crippen LogP contribution in [0.1, 0.15) is 13.8 Å². The van der Waals surface area contributed by atoms with E-state index in [0.717, 1.165) is 23.7 Å². The third kappa shape index (κ3) is 2.46. The van der Waals surface area contributed by atoms with Gasteiger partial charge in [0.1, 0.15) is 0 Å². The summed E-state index contributed by atoms with van der Waals surface area (Å²) in [4.78, 5) is 1.24. The van der Waals surface area contributed by atoms with Crippen LogP contribution in [0.15, 0.2) is 17.0 Å². The molecular weight excluding hydrogens is 234 g/mol. The molecule has 1 aliphatic rings. The largest absolute Gasteiger partial charge is 0.493 e. The zero-order valence-electron chi connectivity index (χ0n) is 10.7. The summed E-state index contributed by atoms with van der Waals surface area (Å²) in [5.74, 6) is 2.24. The van der Waals surface area contributed by atoms with Crippen LogP contribution in [0, 0.1) is 5.92 Å². The quantitative estimate of drug-likeness (QED) is 0.895. The maximum absolute atomic E-state index is 5.33. The third-order valence-electron chi connectivity index (χ3n) is 3.00. The number of thioether (sulfide) groups is 1. The van der Waals surface area contributed by atoms with E-state index in [1.807, 2.05) is 17.8 Å². The molecule has 0 aromatic heterocycles. The number of nitrogens with one attached hydrogen (secondary N) is 1. The van der Waals surface area contributed by atoms with Crippen LogP contribution in [0.5, 0.6) is 11.5 Å². The minimum absolute atomic E-state index is 0.612. The molecule has 4 heteroatoms. The molecule has 1 aromatic rings. The summed E-state index contributed by atoms with van der Waals surface area (Å²) in [6, 6.07) is 4.07. The average Bonchev–Trinajstić information content (AvgIpc) is 2.36. The summed E-state index contributed by atoms with van der Waals surface area (Å²) >= 11 is 1.92. The molecular formula is C13H19NO2S. The Bertz CT molecular complexity index is 407. The van der Waals surface area contributed by atoms with Crippen molar-refractivity contribution in [2.24, 2.45) is 5.92 Å². The monoisotopic (exact) mass is 253 g/mol. The number of benzene rings is 1. The molecule has 0 saturated carbocycles. The highest BCUT2D eigenvalue weighted by Gasteiger charge is 2.23. The molecule has 1 N–H and O–H groups in total. The fourth-order valence-corrected chi connectivity index (χ4v) is 3.08. The Morgan fingerprint density at radius 1 is 1.24 bits per heavy atom. The molecule has 1 unspecified atom stereocenters. The van der Waals surface area contributed by atoms with Crippen molar-refractivity contribution in [2.75, 3.05) is 26.1 Å². The van der Waals surface area contributed by atoms with Crippen LogP contribution < -0.4 is 14.8 Å². The van der Waals surface area contributed by atoms with Gasteiger partial charge in [0.05, 0.1) is 19.9 Å². The van der Waals surface area contributed by atoms with Crippen LogP contribution in [0.2, 0.25) is 0 Å². The van der Waals surface area contributed by atoms with E-state index in [2.05, 4.69) is 25.2 Å². The highest BCUT2D eigenvalue weighted by molar-refractivity contribution is 8.00. The molecule has 0 saturated heterocycles. The third-order valence-corrected chi connectivity index (χ3v) is 4.61. The van der Waals surface area contributed by atoms with E-state index in [9.17, 15) is 0 Å². The van der Waals surface area contributed by atoms with Gasteiger partial charge >= 0.3 is 0 Å². The lowest BCUT2D eigenvalue weighted by molar-refractivity contribution is 0.354. The van der Waals surface area contributed by atoms with Gasteiger partial charge in [-0.15, -0.1) is 11.8 Å². The Balaban J connectivity index is 2.32. The fourth-order valence-electron chi connectivity index (χ4n) is 1.88. The van der Waals surface area contributed by atoms with Gasteiger partial charge in [0.25, 0.3) is 0 Å². The van der Waals surface area contributed by atoms with E-state index < -0.39 is 0 Å². The number of fused-ring (bicyclic) bond motifs is 1. The van der Waals surface area contributed by atoms with E-state index in [4.69, 9.17) is 9.47 Å². The van der Waals surface area contributed by atoms with Crippen LogP contribution in [0.25, 0.3) is 0 Å². The van der Waals surface area contributed by atoms with Crippen molar-refractivity contribution >= 4 is 17.4 Å². The maximum Gasteiger partial charge on any atom is 0.162 e. The van der Waals surface area contributed by atoms with Gasteiger partial charge in [-0.2, -0.15) is 0 Å². The normalized spacial score (nSPS) is 18.5. The molecule has 1 heterocycles. The van der Waals surface area contributed by atoms with Crippen LogP contribution in [0.4, 0.5) is 5.69 Å². The molecule has 0 bridgehead atoms. The van der Waals surface area contributed by atoms with Gasteiger partial charge in [0.2, 0.25) is 0 Å². The Morgan fingerprint density at radius 3 is 2.47 bits per heavy atom. The minimum atomic E-state index is 0.612. The topological polar surface area (TPSA) is 30.5 Å². The summed E-state index contributed by atoms with van der Waals surface area (Å²) in [7, 11) is 3.34. The number of rotatable bonds is 3. The first-order valence-electron chi connectivity index (χ1n) is 5.82. The Labute approximate surface area is 107 Å². The zero-order valence-corrected chi connectivity index (χ0v) is 11.6. The van der Waals surface area contributed by atoms with Crippen molar-refractivity contribution in [2.45, 2.75) is 24.0 Å². The zero-order chi connectivity index (χ0) is 12.4. The number of anilines is 1. The van der Waals surface area contributed by atoms with E-state index >= 15 is 0 Å². The van der Waals surface area contributed by atoms with Gasteiger partial charge in [-0.05, 0) is 12.0 Å². The first-order chi connectivity index (χ1) is 8.15. The van der Waals surface area contributed by atoms with Crippen LogP contribution in [-0.2, 0) is 0 Å². The summed E-state index contributed by atoms with van der Waals surface area (Å²) in [6.07, 6.45) is 0.